The summed E-state index contributed by atoms with van der Waals surface area (Å²) in [7, 11) is 0. The van der Waals surface area contributed by atoms with Crippen molar-refractivity contribution >= 4 is 17.2 Å². The Morgan fingerprint density at radius 1 is 1.56 bits per heavy atom. The SMILES string of the molecule is CC1CCC(NCc2cccs2)(C(N)=O)CC1C. The molecule has 3 atom stereocenters. The first-order valence-corrected chi connectivity index (χ1v) is 7.49. The van der Waals surface area contributed by atoms with E-state index < -0.39 is 5.54 Å². The van der Waals surface area contributed by atoms with E-state index in [1.807, 2.05) is 6.07 Å². The van der Waals surface area contributed by atoms with Crippen molar-refractivity contribution in [2.45, 2.75) is 45.2 Å². The van der Waals surface area contributed by atoms with Crippen LogP contribution in [-0.2, 0) is 11.3 Å². The second-order valence-electron chi connectivity index (χ2n) is 5.58. The van der Waals surface area contributed by atoms with Crippen LogP contribution < -0.4 is 11.1 Å². The molecule has 100 valence electrons. The second-order valence-corrected chi connectivity index (χ2v) is 6.61. The first-order valence-electron chi connectivity index (χ1n) is 6.61. The average Bonchev–Trinajstić information content (AvgIpc) is 2.84. The number of nitrogens with two attached hydrogens (primary N) is 1. The van der Waals surface area contributed by atoms with Gasteiger partial charge in [-0.05, 0) is 42.5 Å². The zero-order valence-corrected chi connectivity index (χ0v) is 11.9. The van der Waals surface area contributed by atoms with E-state index in [4.69, 9.17) is 5.73 Å². The van der Waals surface area contributed by atoms with Gasteiger partial charge in [0.2, 0.25) is 5.91 Å². The third-order valence-electron chi connectivity index (χ3n) is 4.32. The van der Waals surface area contributed by atoms with Crippen molar-refractivity contribution in [1.82, 2.24) is 5.32 Å². The minimum atomic E-state index is -0.504. The maximum absolute atomic E-state index is 11.9. The van der Waals surface area contributed by atoms with Gasteiger partial charge < -0.3 is 5.73 Å². The lowest BCUT2D eigenvalue weighted by Crippen LogP contribution is -2.58. The van der Waals surface area contributed by atoms with Crippen LogP contribution >= 0.6 is 11.3 Å². The summed E-state index contributed by atoms with van der Waals surface area (Å²) in [4.78, 5) is 13.1. The molecule has 0 aromatic carbocycles. The third kappa shape index (κ3) is 2.75. The lowest BCUT2D eigenvalue weighted by Gasteiger charge is -2.41. The van der Waals surface area contributed by atoms with Gasteiger partial charge in [-0.1, -0.05) is 19.9 Å². The predicted octanol–water partition coefficient (Wildman–Crippen LogP) is 2.52. The molecule has 1 aromatic rings. The highest BCUT2D eigenvalue weighted by Gasteiger charge is 2.42. The fourth-order valence-electron chi connectivity index (χ4n) is 2.75. The van der Waals surface area contributed by atoms with Gasteiger partial charge in [0, 0.05) is 11.4 Å². The van der Waals surface area contributed by atoms with Gasteiger partial charge in [-0.3, -0.25) is 10.1 Å². The quantitative estimate of drug-likeness (QED) is 0.880. The number of carbonyl (C=O) groups is 1. The average molecular weight is 266 g/mol. The Labute approximate surface area is 113 Å². The van der Waals surface area contributed by atoms with E-state index in [9.17, 15) is 4.79 Å². The molecule has 0 spiro atoms. The van der Waals surface area contributed by atoms with Gasteiger partial charge in [0.1, 0.15) is 0 Å². The Morgan fingerprint density at radius 2 is 2.33 bits per heavy atom. The number of primary amides is 1. The first kappa shape index (κ1) is 13.6. The second kappa shape index (κ2) is 5.41. The predicted molar refractivity (Wildman–Crippen MR) is 75.3 cm³/mol. The minimum Gasteiger partial charge on any atom is -0.368 e. The van der Waals surface area contributed by atoms with Crippen LogP contribution in [0.1, 0.15) is 38.0 Å². The summed E-state index contributed by atoms with van der Waals surface area (Å²) >= 11 is 1.71. The summed E-state index contributed by atoms with van der Waals surface area (Å²) in [6, 6.07) is 4.12. The fraction of sp³-hybridized carbons (Fsp3) is 0.643. The van der Waals surface area contributed by atoms with Crippen molar-refractivity contribution in [1.29, 1.82) is 0 Å². The molecule has 1 fully saturated rings. The molecule has 2 rings (SSSR count). The maximum Gasteiger partial charge on any atom is 0.237 e. The molecule has 0 saturated heterocycles. The summed E-state index contributed by atoms with van der Waals surface area (Å²) in [5, 5.41) is 5.48. The highest BCUT2D eigenvalue weighted by molar-refractivity contribution is 7.09. The number of rotatable bonds is 4. The van der Waals surface area contributed by atoms with Crippen LogP contribution in [-0.4, -0.2) is 11.4 Å². The number of carbonyl (C=O) groups excluding carboxylic acids is 1. The van der Waals surface area contributed by atoms with Crippen molar-refractivity contribution in [3.05, 3.63) is 22.4 Å². The van der Waals surface area contributed by atoms with E-state index in [-0.39, 0.29) is 5.91 Å². The van der Waals surface area contributed by atoms with Crippen LogP contribution in [0, 0.1) is 11.8 Å². The topological polar surface area (TPSA) is 55.1 Å². The van der Waals surface area contributed by atoms with E-state index in [2.05, 4.69) is 30.6 Å². The molecule has 18 heavy (non-hydrogen) atoms. The van der Waals surface area contributed by atoms with Crippen molar-refractivity contribution in [3.63, 3.8) is 0 Å². The fourth-order valence-corrected chi connectivity index (χ4v) is 3.40. The van der Waals surface area contributed by atoms with Crippen LogP contribution in [0.15, 0.2) is 17.5 Å². The van der Waals surface area contributed by atoms with Crippen LogP contribution in [0.25, 0.3) is 0 Å². The summed E-state index contributed by atoms with van der Waals surface area (Å²) in [6.45, 7) is 5.21. The Morgan fingerprint density at radius 3 is 2.89 bits per heavy atom. The molecule has 1 aliphatic rings. The lowest BCUT2D eigenvalue weighted by molar-refractivity contribution is -0.127. The Bertz CT molecular complexity index is 404. The molecular formula is C14H22N2OS. The molecular weight excluding hydrogens is 244 g/mol. The molecule has 0 bridgehead atoms. The number of thiophene rings is 1. The van der Waals surface area contributed by atoms with Gasteiger partial charge in [-0.15, -0.1) is 11.3 Å². The van der Waals surface area contributed by atoms with Gasteiger partial charge in [-0.2, -0.15) is 0 Å². The van der Waals surface area contributed by atoms with Crippen molar-refractivity contribution < 1.29 is 4.79 Å². The zero-order chi connectivity index (χ0) is 13.2. The molecule has 0 aliphatic heterocycles. The van der Waals surface area contributed by atoms with Gasteiger partial charge in [0.25, 0.3) is 0 Å². The highest BCUT2D eigenvalue weighted by Crippen LogP contribution is 2.36. The normalized spacial score (nSPS) is 32.3. The van der Waals surface area contributed by atoms with Gasteiger partial charge in [0.15, 0.2) is 0 Å². The Balaban J connectivity index is 2.05. The van der Waals surface area contributed by atoms with Crippen LogP contribution in [0.2, 0.25) is 0 Å². The van der Waals surface area contributed by atoms with Crippen molar-refractivity contribution in [2.24, 2.45) is 17.6 Å². The molecule has 4 heteroatoms. The molecule has 1 aromatic heterocycles. The van der Waals surface area contributed by atoms with Crippen molar-refractivity contribution in [3.8, 4) is 0 Å². The minimum absolute atomic E-state index is 0.196. The summed E-state index contributed by atoms with van der Waals surface area (Å²) in [5.74, 6) is 1.03. The van der Waals surface area contributed by atoms with E-state index in [0.717, 1.165) is 25.8 Å². The standard InChI is InChI=1S/C14H22N2OS/c1-10-5-6-14(13(15)17,8-11(10)2)16-9-12-4-3-7-18-12/h3-4,7,10-11,16H,5-6,8-9H2,1-2H3,(H2,15,17). The monoisotopic (exact) mass is 266 g/mol. The molecule has 3 nitrogen and oxygen atoms in total. The Hall–Kier alpha value is -0.870. The number of nitrogens with one attached hydrogen (secondary N) is 1. The number of hydrogen-bond acceptors (Lipinski definition) is 3. The summed E-state index contributed by atoms with van der Waals surface area (Å²) in [5.41, 5.74) is 5.15. The van der Waals surface area contributed by atoms with E-state index in [1.165, 1.54) is 4.88 Å². The van der Waals surface area contributed by atoms with Crippen LogP contribution in [0.4, 0.5) is 0 Å². The molecule has 1 saturated carbocycles. The molecule has 0 radical (unpaired) electrons. The van der Waals surface area contributed by atoms with Gasteiger partial charge >= 0.3 is 0 Å². The third-order valence-corrected chi connectivity index (χ3v) is 5.20. The maximum atomic E-state index is 11.9. The van der Waals surface area contributed by atoms with Crippen molar-refractivity contribution in [2.75, 3.05) is 0 Å². The van der Waals surface area contributed by atoms with Gasteiger partial charge in [0.05, 0.1) is 5.54 Å². The zero-order valence-electron chi connectivity index (χ0n) is 11.1. The van der Waals surface area contributed by atoms with Gasteiger partial charge in [-0.25, -0.2) is 0 Å². The Kier molecular flexibility index (Phi) is 4.07. The van der Waals surface area contributed by atoms with Crippen LogP contribution in [0.5, 0.6) is 0 Å². The summed E-state index contributed by atoms with van der Waals surface area (Å²) in [6.07, 6.45) is 2.79. The lowest BCUT2D eigenvalue weighted by atomic mass is 9.71. The van der Waals surface area contributed by atoms with E-state index in [0.29, 0.717) is 11.8 Å². The number of amides is 1. The van der Waals surface area contributed by atoms with Crippen LogP contribution in [0.3, 0.4) is 0 Å². The smallest absolute Gasteiger partial charge is 0.237 e. The highest BCUT2D eigenvalue weighted by atomic mass is 32.1. The largest absolute Gasteiger partial charge is 0.368 e. The van der Waals surface area contributed by atoms with E-state index >= 15 is 0 Å². The number of hydrogen-bond donors (Lipinski definition) is 2. The summed E-state index contributed by atoms with van der Waals surface area (Å²) < 4.78 is 0. The molecule has 1 aliphatic carbocycles. The molecule has 1 heterocycles. The molecule has 1 amide bonds. The molecule has 3 unspecified atom stereocenters. The first-order chi connectivity index (χ1) is 8.53. The molecule has 3 N–H and O–H groups in total. The van der Waals surface area contributed by atoms with E-state index in [1.54, 1.807) is 11.3 Å².